The Hall–Kier alpha value is -2.44. The van der Waals surface area contributed by atoms with Crippen molar-refractivity contribution in [2.45, 2.75) is 19.4 Å². The second-order valence-corrected chi connectivity index (χ2v) is 5.43. The van der Waals surface area contributed by atoms with Crippen molar-refractivity contribution in [3.63, 3.8) is 0 Å². The third-order valence-corrected chi connectivity index (χ3v) is 3.55. The largest absolute Gasteiger partial charge is 0.493 e. The van der Waals surface area contributed by atoms with Gasteiger partial charge in [-0.1, -0.05) is 0 Å². The molecule has 0 amide bonds. The van der Waals surface area contributed by atoms with Gasteiger partial charge in [-0.15, -0.1) is 0 Å². The number of nitrogen functional groups attached to an aromatic ring is 1. The van der Waals surface area contributed by atoms with Gasteiger partial charge >= 0.3 is 0 Å². The van der Waals surface area contributed by atoms with Gasteiger partial charge in [-0.3, -0.25) is 0 Å². The van der Waals surface area contributed by atoms with Crippen LogP contribution >= 0.6 is 0 Å². The standard InChI is InChI=1S/C16H15F3N2O2/c17-11-3-4-14(22-7-9-1-2-9)10(16(11)19)8-23-15-5-13(20)12(18)6-21-15/h3-6,9H,1-2,7-8H2,(H2,20,21). The zero-order valence-electron chi connectivity index (χ0n) is 12.2. The molecule has 122 valence electrons. The summed E-state index contributed by atoms with van der Waals surface area (Å²) in [5.41, 5.74) is 5.22. The normalized spacial score (nSPS) is 13.9. The Balaban J connectivity index is 1.76. The van der Waals surface area contributed by atoms with E-state index in [2.05, 4.69) is 4.98 Å². The number of hydrogen-bond acceptors (Lipinski definition) is 4. The molecule has 1 heterocycles. The minimum Gasteiger partial charge on any atom is -0.493 e. The molecule has 7 heteroatoms. The zero-order valence-corrected chi connectivity index (χ0v) is 12.2. The Morgan fingerprint density at radius 3 is 2.61 bits per heavy atom. The monoisotopic (exact) mass is 324 g/mol. The van der Waals surface area contributed by atoms with Crippen LogP contribution in [0.3, 0.4) is 0 Å². The van der Waals surface area contributed by atoms with Crippen LogP contribution in [0.25, 0.3) is 0 Å². The lowest BCUT2D eigenvalue weighted by Gasteiger charge is -2.13. The van der Waals surface area contributed by atoms with Crippen LogP contribution in [0.15, 0.2) is 24.4 Å². The molecule has 0 atom stereocenters. The average Bonchev–Trinajstić information content (AvgIpc) is 3.35. The lowest BCUT2D eigenvalue weighted by atomic mass is 10.2. The quantitative estimate of drug-likeness (QED) is 0.884. The van der Waals surface area contributed by atoms with Gasteiger partial charge in [0.2, 0.25) is 5.88 Å². The Kier molecular flexibility index (Phi) is 4.27. The number of nitrogens with zero attached hydrogens (tertiary/aromatic N) is 1. The second-order valence-electron chi connectivity index (χ2n) is 5.43. The Morgan fingerprint density at radius 1 is 1.13 bits per heavy atom. The van der Waals surface area contributed by atoms with Gasteiger partial charge < -0.3 is 15.2 Å². The number of halogens is 3. The molecular weight excluding hydrogens is 309 g/mol. The first-order valence-corrected chi connectivity index (χ1v) is 7.18. The van der Waals surface area contributed by atoms with Crippen molar-refractivity contribution in [3.05, 3.63) is 47.4 Å². The highest BCUT2D eigenvalue weighted by atomic mass is 19.2. The molecule has 2 N–H and O–H groups in total. The molecular formula is C16H15F3N2O2. The molecule has 0 spiro atoms. The molecule has 1 fully saturated rings. The number of nitrogens with two attached hydrogens (primary N) is 1. The van der Waals surface area contributed by atoms with Gasteiger partial charge in [-0.25, -0.2) is 18.2 Å². The fraction of sp³-hybridized carbons (Fsp3) is 0.312. The van der Waals surface area contributed by atoms with Crippen LogP contribution in [0, 0.1) is 23.4 Å². The van der Waals surface area contributed by atoms with Crippen molar-refractivity contribution in [1.29, 1.82) is 0 Å². The van der Waals surface area contributed by atoms with E-state index in [-0.39, 0.29) is 29.5 Å². The summed E-state index contributed by atoms with van der Waals surface area (Å²) in [7, 11) is 0. The van der Waals surface area contributed by atoms with Crippen LogP contribution in [0.4, 0.5) is 18.9 Å². The summed E-state index contributed by atoms with van der Waals surface area (Å²) in [6.45, 7) is 0.154. The lowest BCUT2D eigenvalue weighted by molar-refractivity contribution is 0.257. The second kappa shape index (κ2) is 6.36. The minimum atomic E-state index is -1.03. The van der Waals surface area contributed by atoms with E-state index in [1.807, 2.05) is 0 Å². The van der Waals surface area contributed by atoms with Crippen LogP contribution < -0.4 is 15.2 Å². The van der Waals surface area contributed by atoms with Crippen LogP contribution in [-0.4, -0.2) is 11.6 Å². The zero-order chi connectivity index (χ0) is 16.4. The number of pyridine rings is 1. The van der Waals surface area contributed by atoms with E-state index in [1.165, 1.54) is 12.1 Å². The molecule has 0 aliphatic heterocycles. The number of hydrogen-bond donors (Lipinski definition) is 1. The van der Waals surface area contributed by atoms with Gasteiger partial charge in [0, 0.05) is 6.07 Å². The molecule has 2 aromatic rings. The van der Waals surface area contributed by atoms with E-state index >= 15 is 0 Å². The van der Waals surface area contributed by atoms with Crippen LogP contribution in [0.5, 0.6) is 11.6 Å². The van der Waals surface area contributed by atoms with Crippen LogP contribution in [-0.2, 0) is 6.61 Å². The SMILES string of the molecule is Nc1cc(OCc2c(OCC3CC3)ccc(F)c2F)ncc1F. The smallest absolute Gasteiger partial charge is 0.215 e. The lowest BCUT2D eigenvalue weighted by Crippen LogP contribution is -2.08. The first kappa shape index (κ1) is 15.5. The first-order valence-electron chi connectivity index (χ1n) is 7.18. The molecule has 1 aliphatic rings. The molecule has 23 heavy (non-hydrogen) atoms. The summed E-state index contributed by atoms with van der Waals surface area (Å²) in [6.07, 6.45) is 3.06. The summed E-state index contributed by atoms with van der Waals surface area (Å²) in [5.74, 6) is -1.99. The number of rotatable bonds is 6. The highest BCUT2D eigenvalue weighted by Gasteiger charge is 2.23. The van der Waals surface area contributed by atoms with E-state index in [9.17, 15) is 13.2 Å². The molecule has 1 saturated carbocycles. The molecule has 0 radical (unpaired) electrons. The molecule has 0 bridgehead atoms. The van der Waals surface area contributed by atoms with Crippen molar-refractivity contribution >= 4 is 5.69 Å². The van der Waals surface area contributed by atoms with E-state index in [1.54, 1.807) is 0 Å². The van der Waals surface area contributed by atoms with Crippen molar-refractivity contribution in [3.8, 4) is 11.6 Å². The third-order valence-electron chi connectivity index (χ3n) is 3.55. The van der Waals surface area contributed by atoms with Crippen LogP contribution in [0.1, 0.15) is 18.4 Å². The summed E-state index contributed by atoms with van der Waals surface area (Å²) >= 11 is 0. The maximum absolute atomic E-state index is 14.0. The maximum Gasteiger partial charge on any atom is 0.215 e. The predicted molar refractivity (Wildman–Crippen MR) is 77.5 cm³/mol. The molecule has 0 unspecified atom stereocenters. The number of ether oxygens (including phenoxy) is 2. The predicted octanol–water partition coefficient (Wildman–Crippen LogP) is 3.45. The van der Waals surface area contributed by atoms with E-state index in [0.29, 0.717) is 12.5 Å². The Morgan fingerprint density at radius 2 is 1.91 bits per heavy atom. The number of anilines is 1. The Bertz CT molecular complexity index is 721. The molecule has 1 aromatic heterocycles. The number of aromatic nitrogens is 1. The van der Waals surface area contributed by atoms with Crippen molar-refractivity contribution in [1.82, 2.24) is 4.98 Å². The number of benzene rings is 1. The van der Waals surface area contributed by atoms with Gasteiger partial charge in [-0.2, -0.15) is 0 Å². The third kappa shape index (κ3) is 3.67. The average molecular weight is 324 g/mol. The van der Waals surface area contributed by atoms with E-state index in [0.717, 1.165) is 25.1 Å². The molecule has 1 aliphatic carbocycles. The van der Waals surface area contributed by atoms with Crippen LogP contribution in [0.2, 0.25) is 0 Å². The maximum atomic E-state index is 14.0. The van der Waals surface area contributed by atoms with Gasteiger partial charge in [0.25, 0.3) is 0 Å². The van der Waals surface area contributed by atoms with Gasteiger partial charge in [0.1, 0.15) is 12.4 Å². The molecule has 0 saturated heterocycles. The summed E-state index contributed by atoms with van der Waals surface area (Å²) < 4.78 is 51.3. The fourth-order valence-corrected chi connectivity index (χ4v) is 2.00. The fourth-order valence-electron chi connectivity index (χ4n) is 2.00. The van der Waals surface area contributed by atoms with E-state index < -0.39 is 17.5 Å². The van der Waals surface area contributed by atoms with Crippen molar-refractivity contribution in [2.75, 3.05) is 12.3 Å². The van der Waals surface area contributed by atoms with Crippen molar-refractivity contribution < 1.29 is 22.6 Å². The van der Waals surface area contributed by atoms with Crippen molar-refractivity contribution in [2.24, 2.45) is 5.92 Å². The highest BCUT2D eigenvalue weighted by Crippen LogP contribution is 2.32. The summed E-state index contributed by atoms with van der Waals surface area (Å²) in [4.78, 5) is 3.69. The van der Waals surface area contributed by atoms with E-state index in [4.69, 9.17) is 15.2 Å². The first-order chi connectivity index (χ1) is 11.0. The van der Waals surface area contributed by atoms with Gasteiger partial charge in [-0.05, 0) is 30.9 Å². The highest BCUT2D eigenvalue weighted by molar-refractivity contribution is 5.41. The minimum absolute atomic E-state index is 0.0145. The Labute approximate surface area is 131 Å². The summed E-state index contributed by atoms with van der Waals surface area (Å²) in [5, 5.41) is 0. The molecule has 1 aromatic carbocycles. The van der Waals surface area contributed by atoms with Gasteiger partial charge in [0.05, 0.1) is 24.1 Å². The summed E-state index contributed by atoms with van der Waals surface area (Å²) in [6, 6.07) is 3.55. The molecule has 3 rings (SSSR count). The molecule has 4 nitrogen and oxygen atoms in total. The topological polar surface area (TPSA) is 57.4 Å². The van der Waals surface area contributed by atoms with Gasteiger partial charge in [0.15, 0.2) is 17.5 Å².